The van der Waals surface area contributed by atoms with Crippen molar-refractivity contribution in [3.8, 4) is 11.5 Å². The van der Waals surface area contributed by atoms with Crippen LogP contribution >= 0.6 is 0 Å². The highest BCUT2D eigenvalue weighted by Crippen LogP contribution is 2.30. The molecule has 0 aliphatic rings. The molecular weight excluding hydrogens is 354 g/mol. The molecule has 3 aromatic rings. The van der Waals surface area contributed by atoms with Crippen molar-refractivity contribution in [2.45, 2.75) is 40.3 Å². The number of nitrogens with zero attached hydrogens (tertiary/aromatic N) is 2. The standard InChI is InChI=1S/C22H27N3O3/c1-5-27-19-9-8-17(11-20(19)28-6-2)16(4)23-13-18-12-22(26)25-14-15(3)7-10-21(25)24-18/h7-12,14,16,23H,5-6,13H2,1-4H3/p+1/t16-/m0/s1. The van der Waals surface area contributed by atoms with Crippen LogP contribution in [-0.2, 0) is 6.54 Å². The molecule has 1 atom stereocenters. The van der Waals surface area contributed by atoms with Crippen molar-refractivity contribution < 1.29 is 14.8 Å². The van der Waals surface area contributed by atoms with E-state index >= 15 is 0 Å². The zero-order valence-electron chi connectivity index (χ0n) is 16.9. The third-order valence-corrected chi connectivity index (χ3v) is 4.63. The highest BCUT2D eigenvalue weighted by molar-refractivity contribution is 5.43. The summed E-state index contributed by atoms with van der Waals surface area (Å²) in [6.45, 7) is 9.82. The average molecular weight is 382 g/mol. The Labute approximate surface area is 165 Å². The number of quaternary nitrogens is 1. The van der Waals surface area contributed by atoms with Crippen molar-refractivity contribution in [1.82, 2.24) is 9.38 Å². The van der Waals surface area contributed by atoms with Crippen molar-refractivity contribution >= 4 is 5.65 Å². The van der Waals surface area contributed by atoms with E-state index in [1.54, 1.807) is 10.5 Å². The molecule has 28 heavy (non-hydrogen) atoms. The first kappa shape index (κ1) is 19.9. The first-order chi connectivity index (χ1) is 13.5. The molecule has 0 saturated carbocycles. The summed E-state index contributed by atoms with van der Waals surface area (Å²) in [5.74, 6) is 1.53. The van der Waals surface area contributed by atoms with Gasteiger partial charge in [0.25, 0.3) is 5.56 Å². The third-order valence-electron chi connectivity index (χ3n) is 4.63. The molecule has 0 spiro atoms. The number of ether oxygens (including phenoxy) is 2. The summed E-state index contributed by atoms with van der Waals surface area (Å²) in [6, 6.07) is 11.7. The van der Waals surface area contributed by atoms with E-state index in [-0.39, 0.29) is 11.6 Å². The van der Waals surface area contributed by atoms with E-state index in [0.29, 0.717) is 25.4 Å². The summed E-state index contributed by atoms with van der Waals surface area (Å²) >= 11 is 0. The van der Waals surface area contributed by atoms with Gasteiger partial charge < -0.3 is 14.8 Å². The number of aryl methyl sites for hydroxylation is 1. The SMILES string of the molecule is CCOc1ccc([C@H](C)[NH2+]Cc2cc(=O)n3cc(C)ccc3n2)cc1OCC. The highest BCUT2D eigenvalue weighted by Gasteiger charge is 2.14. The van der Waals surface area contributed by atoms with E-state index < -0.39 is 0 Å². The van der Waals surface area contributed by atoms with Crippen LogP contribution in [0.3, 0.4) is 0 Å². The molecule has 0 amide bonds. The molecule has 0 fully saturated rings. The Morgan fingerprint density at radius 1 is 1.07 bits per heavy atom. The second-order valence-corrected chi connectivity index (χ2v) is 6.82. The summed E-state index contributed by atoms with van der Waals surface area (Å²) in [5.41, 5.74) is 3.57. The second kappa shape index (κ2) is 8.89. The molecular formula is C22H28N3O3+. The van der Waals surface area contributed by atoms with Gasteiger partial charge in [-0.2, -0.15) is 0 Å². The van der Waals surface area contributed by atoms with Crippen LogP contribution in [0.25, 0.3) is 5.65 Å². The molecule has 0 aliphatic heterocycles. The van der Waals surface area contributed by atoms with Crippen LogP contribution in [0.1, 0.15) is 43.6 Å². The number of hydrogen-bond acceptors (Lipinski definition) is 4. The molecule has 3 rings (SSSR count). The number of fused-ring (bicyclic) bond motifs is 1. The van der Waals surface area contributed by atoms with Crippen molar-refractivity contribution in [2.24, 2.45) is 0 Å². The van der Waals surface area contributed by atoms with Crippen LogP contribution in [0, 0.1) is 6.92 Å². The minimum atomic E-state index is -0.0514. The molecule has 0 unspecified atom stereocenters. The lowest BCUT2D eigenvalue weighted by Crippen LogP contribution is -2.83. The Kier molecular flexibility index (Phi) is 6.31. The zero-order chi connectivity index (χ0) is 20.1. The summed E-state index contributed by atoms with van der Waals surface area (Å²) in [7, 11) is 0. The van der Waals surface area contributed by atoms with Crippen molar-refractivity contribution in [3.05, 3.63) is 69.8 Å². The van der Waals surface area contributed by atoms with Crippen molar-refractivity contribution in [3.63, 3.8) is 0 Å². The quantitative estimate of drug-likeness (QED) is 0.650. The molecule has 0 bridgehead atoms. The maximum Gasteiger partial charge on any atom is 0.258 e. The number of benzene rings is 1. The van der Waals surface area contributed by atoms with Gasteiger partial charge in [0.15, 0.2) is 11.5 Å². The Hall–Kier alpha value is -2.86. The third kappa shape index (κ3) is 4.51. The number of hydrogen-bond donors (Lipinski definition) is 1. The largest absolute Gasteiger partial charge is 0.490 e. The summed E-state index contributed by atoms with van der Waals surface area (Å²) in [5, 5.41) is 2.16. The van der Waals surface area contributed by atoms with Gasteiger partial charge in [0.05, 0.1) is 13.2 Å². The molecule has 6 heteroatoms. The first-order valence-corrected chi connectivity index (χ1v) is 9.73. The van der Waals surface area contributed by atoms with Crippen LogP contribution in [0.2, 0.25) is 0 Å². The van der Waals surface area contributed by atoms with Crippen LogP contribution < -0.4 is 20.3 Å². The Balaban J connectivity index is 1.75. The maximum atomic E-state index is 12.4. The molecule has 1 aromatic carbocycles. The summed E-state index contributed by atoms with van der Waals surface area (Å²) in [4.78, 5) is 17.0. The maximum absolute atomic E-state index is 12.4. The molecule has 148 valence electrons. The van der Waals surface area contributed by atoms with E-state index in [2.05, 4.69) is 23.3 Å². The lowest BCUT2D eigenvalue weighted by atomic mass is 10.1. The first-order valence-electron chi connectivity index (χ1n) is 9.73. The highest BCUT2D eigenvalue weighted by atomic mass is 16.5. The molecule has 2 N–H and O–H groups in total. The van der Waals surface area contributed by atoms with Crippen LogP contribution in [0.15, 0.2) is 47.4 Å². The Bertz CT molecular complexity index is 1010. The van der Waals surface area contributed by atoms with Gasteiger partial charge in [-0.1, -0.05) is 6.07 Å². The fourth-order valence-electron chi connectivity index (χ4n) is 3.15. The van der Waals surface area contributed by atoms with Crippen LogP contribution in [0.5, 0.6) is 11.5 Å². The van der Waals surface area contributed by atoms with Crippen LogP contribution in [-0.4, -0.2) is 22.6 Å². The minimum Gasteiger partial charge on any atom is -0.490 e. The number of aromatic nitrogens is 2. The average Bonchev–Trinajstić information content (AvgIpc) is 2.68. The smallest absolute Gasteiger partial charge is 0.258 e. The van der Waals surface area contributed by atoms with E-state index in [0.717, 1.165) is 28.3 Å². The number of pyridine rings is 1. The van der Waals surface area contributed by atoms with Gasteiger partial charge in [-0.25, -0.2) is 4.98 Å². The Morgan fingerprint density at radius 2 is 1.82 bits per heavy atom. The van der Waals surface area contributed by atoms with Crippen LogP contribution in [0.4, 0.5) is 0 Å². The van der Waals surface area contributed by atoms with Gasteiger partial charge in [-0.3, -0.25) is 9.20 Å². The van der Waals surface area contributed by atoms with Gasteiger partial charge in [0.2, 0.25) is 0 Å². The van der Waals surface area contributed by atoms with E-state index in [4.69, 9.17) is 9.47 Å². The summed E-state index contributed by atoms with van der Waals surface area (Å²) < 4.78 is 12.9. The molecule has 0 radical (unpaired) electrons. The fourth-order valence-corrected chi connectivity index (χ4v) is 3.15. The van der Waals surface area contributed by atoms with Gasteiger partial charge in [0.1, 0.15) is 23.9 Å². The Morgan fingerprint density at radius 3 is 2.57 bits per heavy atom. The van der Waals surface area contributed by atoms with Gasteiger partial charge in [-0.15, -0.1) is 0 Å². The molecule has 2 aromatic heterocycles. The van der Waals surface area contributed by atoms with E-state index in [1.807, 2.05) is 51.2 Å². The topological polar surface area (TPSA) is 69.4 Å². The predicted molar refractivity (Wildman–Crippen MR) is 109 cm³/mol. The van der Waals surface area contributed by atoms with E-state index in [1.165, 1.54) is 0 Å². The summed E-state index contributed by atoms with van der Waals surface area (Å²) in [6.07, 6.45) is 1.82. The normalized spacial score (nSPS) is 12.1. The fraction of sp³-hybridized carbons (Fsp3) is 0.364. The zero-order valence-corrected chi connectivity index (χ0v) is 16.9. The second-order valence-electron chi connectivity index (χ2n) is 6.82. The van der Waals surface area contributed by atoms with Gasteiger partial charge in [0, 0.05) is 17.8 Å². The van der Waals surface area contributed by atoms with Gasteiger partial charge >= 0.3 is 0 Å². The molecule has 0 aliphatic carbocycles. The monoisotopic (exact) mass is 382 g/mol. The van der Waals surface area contributed by atoms with Crippen molar-refractivity contribution in [1.29, 1.82) is 0 Å². The molecule has 6 nitrogen and oxygen atoms in total. The minimum absolute atomic E-state index is 0.0514. The lowest BCUT2D eigenvalue weighted by Gasteiger charge is -2.15. The van der Waals surface area contributed by atoms with Gasteiger partial charge in [-0.05, 0) is 57.5 Å². The molecule has 0 saturated heterocycles. The molecule has 2 heterocycles. The van der Waals surface area contributed by atoms with E-state index in [9.17, 15) is 4.79 Å². The lowest BCUT2D eigenvalue weighted by molar-refractivity contribution is -0.708. The van der Waals surface area contributed by atoms with Crippen molar-refractivity contribution in [2.75, 3.05) is 13.2 Å². The number of rotatable bonds is 8. The predicted octanol–water partition coefficient (Wildman–Crippen LogP) is 2.62. The number of nitrogens with two attached hydrogens (primary N) is 1.